The van der Waals surface area contributed by atoms with Gasteiger partial charge in [0.25, 0.3) is 0 Å². The number of H-pyrrole nitrogens is 1. The number of aryl methyl sites for hydroxylation is 1. The van der Waals surface area contributed by atoms with Crippen LogP contribution >= 0.6 is 11.6 Å². The SMILES string of the molecule is O=C(O)c1cc(-c2c(O)c(Cl)cc3c2CCCC3)n[nH]1. The molecule has 104 valence electrons. The number of nitrogens with zero attached hydrogens (tertiary/aromatic N) is 1. The molecule has 2 aromatic rings. The van der Waals surface area contributed by atoms with Gasteiger partial charge in [-0.2, -0.15) is 5.10 Å². The molecule has 0 radical (unpaired) electrons. The Morgan fingerprint density at radius 3 is 2.75 bits per heavy atom. The predicted octanol–water partition coefficient (Wildman–Crippen LogP) is 3.01. The monoisotopic (exact) mass is 292 g/mol. The van der Waals surface area contributed by atoms with E-state index in [1.54, 1.807) is 6.07 Å². The summed E-state index contributed by atoms with van der Waals surface area (Å²) in [5.41, 5.74) is 3.08. The molecule has 3 rings (SSSR count). The lowest BCUT2D eigenvalue weighted by Crippen LogP contribution is -2.05. The van der Waals surface area contributed by atoms with Crippen LogP contribution in [0.4, 0.5) is 0 Å². The summed E-state index contributed by atoms with van der Waals surface area (Å²) in [5.74, 6) is -1.12. The van der Waals surface area contributed by atoms with E-state index in [0.29, 0.717) is 11.3 Å². The Hall–Kier alpha value is -2.01. The minimum atomic E-state index is -1.08. The van der Waals surface area contributed by atoms with Crippen molar-refractivity contribution in [1.29, 1.82) is 0 Å². The molecule has 0 atom stereocenters. The zero-order valence-corrected chi connectivity index (χ0v) is 11.4. The fraction of sp³-hybridized carbons (Fsp3) is 0.286. The van der Waals surface area contributed by atoms with Gasteiger partial charge in [-0.3, -0.25) is 5.10 Å². The quantitative estimate of drug-likeness (QED) is 0.794. The van der Waals surface area contributed by atoms with Crippen molar-refractivity contribution in [3.8, 4) is 17.0 Å². The molecule has 0 saturated heterocycles. The minimum Gasteiger partial charge on any atom is -0.506 e. The van der Waals surface area contributed by atoms with Crippen LogP contribution in [-0.2, 0) is 12.8 Å². The van der Waals surface area contributed by atoms with Crippen molar-refractivity contribution in [1.82, 2.24) is 10.2 Å². The first-order valence-electron chi connectivity index (χ1n) is 6.40. The number of hydrogen-bond acceptors (Lipinski definition) is 3. The van der Waals surface area contributed by atoms with Crippen LogP contribution in [0.2, 0.25) is 5.02 Å². The van der Waals surface area contributed by atoms with Crippen molar-refractivity contribution in [2.75, 3.05) is 0 Å². The average molecular weight is 293 g/mol. The van der Waals surface area contributed by atoms with Gasteiger partial charge in [-0.15, -0.1) is 0 Å². The highest BCUT2D eigenvalue weighted by atomic mass is 35.5. The van der Waals surface area contributed by atoms with Crippen molar-refractivity contribution < 1.29 is 15.0 Å². The van der Waals surface area contributed by atoms with Crippen molar-refractivity contribution in [3.63, 3.8) is 0 Å². The summed E-state index contributed by atoms with van der Waals surface area (Å²) < 4.78 is 0. The molecular weight excluding hydrogens is 280 g/mol. The lowest BCUT2D eigenvalue weighted by molar-refractivity contribution is 0.0690. The van der Waals surface area contributed by atoms with Crippen LogP contribution in [0.25, 0.3) is 11.3 Å². The van der Waals surface area contributed by atoms with E-state index in [1.165, 1.54) is 6.07 Å². The average Bonchev–Trinajstić information content (AvgIpc) is 2.90. The van der Waals surface area contributed by atoms with Crippen LogP contribution < -0.4 is 0 Å². The summed E-state index contributed by atoms with van der Waals surface area (Å²) in [7, 11) is 0. The van der Waals surface area contributed by atoms with E-state index in [2.05, 4.69) is 10.2 Å². The second kappa shape index (κ2) is 4.83. The normalized spacial score (nSPS) is 14.1. The Morgan fingerprint density at radius 1 is 1.30 bits per heavy atom. The number of phenolic OH excluding ortho intramolecular Hbond substituents is 1. The summed E-state index contributed by atoms with van der Waals surface area (Å²) in [6.45, 7) is 0. The number of hydrogen-bond donors (Lipinski definition) is 3. The number of rotatable bonds is 2. The molecule has 1 aromatic heterocycles. The molecule has 0 saturated carbocycles. The lowest BCUT2D eigenvalue weighted by atomic mass is 9.86. The van der Waals surface area contributed by atoms with E-state index in [1.807, 2.05) is 0 Å². The van der Waals surface area contributed by atoms with Crippen LogP contribution in [0.15, 0.2) is 12.1 Å². The number of nitrogens with one attached hydrogen (secondary N) is 1. The van der Waals surface area contributed by atoms with Crippen LogP contribution in [0, 0.1) is 0 Å². The summed E-state index contributed by atoms with van der Waals surface area (Å²) in [6, 6.07) is 3.21. The van der Waals surface area contributed by atoms with Gasteiger partial charge in [-0.1, -0.05) is 11.6 Å². The molecule has 1 aliphatic carbocycles. The predicted molar refractivity (Wildman–Crippen MR) is 74.3 cm³/mol. The van der Waals surface area contributed by atoms with Gasteiger partial charge in [0.2, 0.25) is 0 Å². The van der Waals surface area contributed by atoms with Crippen LogP contribution in [0.1, 0.15) is 34.5 Å². The van der Waals surface area contributed by atoms with Crippen LogP contribution in [0.3, 0.4) is 0 Å². The van der Waals surface area contributed by atoms with Gasteiger partial charge in [0.1, 0.15) is 11.4 Å². The molecule has 1 heterocycles. The first-order chi connectivity index (χ1) is 9.58. The molecule has 6 heteroatoms. The van der Waals surface area contributed by atoms with Crippen molar-refractivity contribution in [2.45, 2.75) is 25.7 Å². The molecule has 1 aromatic carbocycles. The summed E-state index contributed by atoms with van der Waals surface area (Å²) in [6.07, 6.45) is 3.88. The van der Waals surface area contributed by atoms with E-state index < -0.39 is 5.97 Å². The highest BCUT2D eigenvalue weighted by molar-refractivity contribution is 6.32. The van der Waals surface area contributed by atoms with Gasteiger partial charge >= 0.3 is 5.97 Å². The number of aromatic carboxylic acids is 1. The van der Waals surface area contributed by atoms with E-state index in [0.717, 1.165) is 36.8 Å². The molecule has 0 fully saturated rings. The number of aromatic hydroxyl groups is 1. The highest BCUT2D eigenvalue weighted by Gasteiger charge is 2.22. The maximum absolute atomic E-state index is 10.9. The maximum atomic E-state index is 10.9. The Morgan fingerprint density at radius 2 is 2.05 bits per heavy atom. The largest absolute Gasteiger partial charge is 0.506 e. The molecule has 0 bridgehead atoms. The standard InChI is InChI=1S/C14H13ClN2O3/c15-9-5-7-3-1-2-4-8(7)12(13(9)18)10-6-11(14(19)20)17-16-10/h5-6,18H,1-4H2,(H,16,17)(H,19,20). The summed E-state index contributed by atoms with van der Waals surface area (Å²) >= 11 is 6.07. The van der Waals surface area contributed by atoms with Crippen LogP contribution in [0.5, 0.6) is 5.75 Å². The second-order valence-electron chi connectivity index (χ2n) is 4.90. The molecule has 0 aliphatic heterocycles. The van der Waals surface area contributed by atoms with Crippen molar-refractivity contribution in [3.05, 3.63) is 34.0 Å². The molecule has 0 unspecified atom stereocenters. The topological polar surface area (TPSA) is 86.2 Å². The first-order valence-corrected chi connectivity index (χ1v) is 6.78. The molecule has 20 heavy (non-hydrogen) atoms. The molecule has 1 aliphatic rings. The summed E-state index contributed by atoms with van der Waals surface area (Å²) in [5, 5.41) is 25.9. The van der Waals surface area contributed by atoms with Gasteiger partial charge in [-0.05, 0) is 48.9 Å². The molecular formula is C14H13ClN2O3. The van der Waals surface area contributed by atoms with E-state index >= 15 is 0 Å². The Kier molecular flexibility index (Phi) is 3.14. The second-order valence-corrected chi connectivity index (χ2v) is 5.31. The zero-order chi connectivity index (χ0) is 14.3. The number of carbonyl (C=O) groups is 1. The van der Waals surface area contributed by atoms with E-state index in [9.17, 15) is 9.90 Å². The Bertz CT molecular complexity index is 694. The molecule has 0 amide bonds. The zero-order valence-electron chi connectivity index (χ0n) is 10.6. The first kappa shape index (κ1) is 13.0. The number of phenols is 1. The lowest BCUT2D eigenvalue weighted by Gasteiger charge is -2.20. The van der Waals surface area contributed by atoms with Gasteiger partial charge in [0, 0.05) is 5.56 Å². The fourth-order valence-electron chi connectivity index (χ4n) is 2.69. The number of aromatic amines is 1. The number of benzene rings is 1. The summed E-state index contributed by atoms with van der Waals surface area (Å²) in [4.78, 5) is 10.9. The Balaban J connectivity index is 2.20. The third kappa shape index (κ3) is 2.04. The smallest absolute Gasteiger partial charge is 0.353 e. The Labute approximate surface area is 120 Å². The van der Waals surface area contributed by atoms with E-state index in [4.69, 9.17) is 16.7 Å². The van der Waals surface area contributed by atoms with E-state index in [-0.39, 0.29) is 16.5 Å². The number of fused-ring (bicyclic) bond motifs is 1. The van der Waals surface area contributed by atoms with Gasteiger partial charge in [0.05, 0.1) is 10.7 Å². The van der Waals surface area contributed by atoms with Crippen molar-refractivity contribution >= 4 is 17.6 Å². The molecule has 5 nitrogen and oxygen atoms in total. The third-order valence-electron chi connectivity index (χ3n) is 3.64. The number of carboxylic acid groups (broad SMARTS) is 1. The highest BCUT2D eigenvalue weighted by Crippen LogP contribution is 2.42. The fourth-order valence-corrected chi connectivity index (χ4v) is 2.92. The number of carboxylic acids is 1. The minimum absolute atomic E-state index is 0.0102. The third-order valence-corrected chi connectivity index (χ3v) is 3.93. The van der Waals surface area contributed by atoms with Crippen molar-refractivity contribution in [2.24, 2.45) is 0 Å². The van der Waals surface area contributed by atoms with Crippen LogP contribution in [-0.4, -0.2) is 26.4 Å². The van der Waals surface area contributed by atoms with Gasteiger partial charge < -0.3 is 10.2 Å². The molecule has 0 spiro atoms. The number of halogens is 1. The number of aromatic nitrogens is 2. The maximum Gasteiger partial charge on any atom is 0.353 e. The van der Waals surface area contributed by atoms with Gasteiger partial charge in [-0.25, -0.2) is 4.79 Å². The van der Waals surface area contributed by atoms with Gasteiger partial charge in [0.15, 0.2) is 0 Å². The molecule has 3 N–H and O–H groups in total.